The van der Waals surface area contributed by atoms with Crippen molar-refractivity contribution in [3.63, 3.8) is 0 Å². The van der Waals surface area contributed by atoms with Crippen molar-refractivity contribution in [3.8, 4) is 0 Å². The number of aromatic nitrogens is 2. The number of rotatable bonds is 2. The van der Waals surface area contributed by atoms with Crippen molar-refractivity contribution in [3.05, 3.63) is 11.1 Å². The molecule has 1 atom stereocenters. The lowest BCUT2D eigenvalue weighted by molar-refractivity contribution is 0.373. The molecule has 2 heterocycles. The Morgan fingerprint density at radius 3 is 3.33 bits per heavy atom. The van der Waals surface area contributed by atoms with Crippen molar-refractivity contribution in [2.75, 3.05) is 13.1 Å². The second kappa shape index (κ2) is 3.96. The molecule has 1 aliphatic rings. The van der Waals surface area contributed by atoms with Gasteiger partial charge in [0.25, 0.3) is 0 Å². The molecule has 66 valence electrons. The summed E-state index contributed by atoms with van der Waals surface area (Å²) in [7, 11) is 0. The molecular weight excluding hydrogens is 170 g/mol. The molecule has 1 aliphatic heterocycles. The van der Waals surface area contributed by atoms with Gasteiger partial charge in [0.15, 0.2) is 0 Å². The Morgan fingerprint density at radius 1 is 1.67 bits per heavy atom. The molecule has 0 bridgehead atoms. The quantitative estimate of drug-likeness (QED) is 0.745. The van der Waals surface area contributed by atoms with E-state index in [0.717, 1.165) is 24.6 Å². The maximum atomic E-state index is 4.05. The first-order chi connectivity index (χ1) is 5.95. The van der Waals surface area contributed by atoms with E-state index in [1.165, 1.54) is 30.9 Å². The molecule has 0 saturated carbocycles. The number of nitrogens with zero attached hydrogens (tertiary/aromatic N) is 2. The van der Waals surface area contributed by atoms with Gasteiger partial charge in [-0.05, 0) is 49.8 Å². The summed E-state index contributed by atoms with van der Waals surface area (Å²) in [5.74, 6) is 0.780. The third-order valence-electron chi connectivity index (χ3n) is 2.30. The molecule has 1 aromatic rings. The van der Waals surface area contributed by atoms with E-state index in [4.69, 9.17) is 0 Å². The van der Waals surface area contributed by atoms with Gasteiger partial charge in [0, 0.05) is 5.38 Å². The maximum absolute atomic E-state index is 4.05. The van der Waals surface area contributed by atoms with Crippen molar-refractivity contribution in [1.82, 2.24) is 14.9 Å². The van der Waals surface area contributed by atoms with Crippen LogP contribution < -0.4 is 5.32 Å². The van der Waals surface area contributed by atoms with E-state index >= 15 is 0 Å². The smallest absolute Gasteiger partial charge is 0.0758 e. The van der Waals surface area contributed by atoms with Crippen LogP contribution in [0.4, 0.5) is 0 Å². The van der Waals surface area contributed by atoms with E-state index in [0.29, 0.717) is 0 Å². The summed E-state index contributed by atoms with van der Waals surface area (Å²) in [6, 6.07) is 0. The summed E-state index contributed by atoms with van der Waals surface area (Å²) >= 11 is 1.45. The van der Waals surface area contributed by atoms with Crippen LogP contribution in [0.3, 0.4) is 0 Å². The fourth-order valence-corrected chi connectivity index (χ4v) is 2.13. The standard InChI is InChI=1S/C8H13N3S/c1-2-7(5-9-3-1)4-8-6-12-11-10-8/h6-7,9H,1-5H2. The Labute approximate surface area is 76.4 Å². The summed E-state index contributed by atoms with van der Waals surface area (Å²) in [5.41, 5.74) is 1.16. The molecule has 0 amide bonds. The van der Waals surface area contributed by atoms with E-state index in [1.807, 2.05) is 0 Å². The molecular formula is C8H13N3S. The minimum Gasteiger partial charge on any atom is -0.316 e. The van der Waals surface area contributed by atoms with E-state index in [9.17, 15) is 0 Å². The summed E-state index contributed by atoms with van der Waals surface area (Å²) in [5, 5.41) is 9.50. The average Bonchev–Trinajstić information content (AvgIpc) is 2.59. The molecule has 3 nitrogen and oxygen atoms in total. The fourth-order valence-electron chi connectivity index (χ4n) is 1.67. The van der Waals surface area contributed by atoms with Gasteiger partial charge < -0.3 is 5.32 Å². The first-order valence-corrected chi connectivity index (χ1v) is 5.25. The highest BCUT2D eigenvalue weighted by atomic mass is 32.1. The summed E-state index contributed by atoms with van der Waals surface area (Å²) < 4.78 is 3.86. The Morgan fingerprint density at radius 2 is 2.67 bits per heavy atom. The largest absolute Gasteiger partial charge is 0.316 e. The van der Waals surface area contributed by atoms with Gasteiger partial charge in [0.1, 0.15) is 0 Å². The average molecular weight is 183 g/mol. The van der Waals surface area contributed by atoms with Crippen molar-refractivity contribution >= 4 is 11.5 Å². The molecule has 0 aliphatic carbocycles. The van der Waals surface area contributed by atoms with Gasteiger partial charge in [0.2, 0.25) is 0 Å². The minimum atomic E-state index is 0.780. The van der Waals surface area contributed by atoms with Gasteiger partial charge in [-0.1, -0.05) is 4.49 Å². The third-order valence-corrected chi connectivity index (χ3v) is 2.86. The minimum absolute atomic E-state index is 0.780. The lowest BCUT2D eigenvalue weighted by atomic mass is 9.95. The maximum Gasteiger partial charge on any atom is 0.0758 e. The van der Waals surface area contributed by atoms with E-state index < -0.39 is 0 Å². The first-order valence-electron chi connectivity index (χ1n) is 4.42. The van der Waals surface area contributed by atoms with Crippen LogP contribution in [0.2, 0.25) is 0 Å². The molecule has 1 unspecified atom stereocenters. The summed E-state index contributed by atoms with van der Waals surface area (Å²) in [6.07, 6.45) is 3.75. The van der Waals surface area contributed by atoms with Crippen LogP contribution in [0.1, 0.15) is 18.5 Å². The van der Waals surface area contributed by atoms with Crippen LogP contribution in [-0.2, 0) is 6.42 Å². The molecule has 1 fully saturated rings. The highest BCUT2D eigenvalue weighted by Gasteiger charge is 2.14. The van der Waals surface area contributed by atoms with Gasteiger partial charge in [-0.15, -0.1) is 5.10 Å². The van der Waals surface area contributed by atoms with Crippen LogP contribution in [-0.4, -0.2) is 22.7 Å². The topological polar surface area (TPSA) is 37.8 Å². The molecule has 4 heteroatoms. The molecule has 0 spiro atoms. The monoisotopic (exact) mass is 183 g/mol. The zero-order valence-electron chi connectivity index (χ0n) is 6.99. The van der Waals surface area contributed by atoms with Crippen molar-refractivity contribution in [2.24, 2.45) is 5.92 Å². The number of hydrogen-bond donors (Lipinski definition) is 1. The van der Waals surface area contributed by atoms with Crippen LogP contribution >= 0.6 is 11.5 Å². The van der Waals surface area contributed by atoms with E-state index in [1.54, 1.807) is 0 Å². The molecule has 1 saturated heterocycles. The first kappa shape index (κ1) is 8.13. The highest BCUT2D eigenvalue weighted by molar-refractivity contribution is 7.03. The Balaban J connectivity index is 1.86. The van der Waals surface area contributed by atoms with Crippen LogP contribution in [0.5, 0.6) is 0 Å². The Bertz CT molecular complexity index is 216. The van der Waals surface area contributed by atoms with Crippen LogP contribution in [0.25, 0.3) is 0 Å². The zero-order chi connectivity index (χ0) is 8.23. The number of hydrogen-bond acceptors (Lipinski definition) is 4. The summed E-state index contributed by atoms with van der Waals surface area (Å²) in [4.78, 5) is 0. The lowest BCUT2D eigenvalue weighted by Crippen LogP contribution is -2.30. The van der Waals surface area contributed by atoms with Gasteiger partial charge in [0.05, 0.1) is 5.69 Å². The number of piperidine rings is 1. The molecule has 2 rings (SSSR count). The van der Waals surface area contributed by atoms with Crippen LogP contribution in [0.15, 0.2) is 5.38 Å². The van der Waals surface area contributed by atoms with Crippen molar-refractivity contribution < 1.29 is 0 Å². The highest BCUT2D eigenvalue weighted by Crippen LogP contribution is 2.15. The molecule has 12 heavy (non-hydrogen) atoms. The SMILES string of the molecule is c1snnc1CC1CCCNC1. The Hall–Kier alpha value is -0.480. The predicted molar refractivity (Wildman–Crippen MR) is 49.2 cm³/mol. The molecule has 1 aromatic heterocycles. The zero-order valence-corrected chi connectivity index (χ0v) is 7.81. The number of nitrogens with one attached hydrogen (secondary N) is 1. The fraction of sp³-hybridized carbons (Fsp3) is 0.750. The Kier molecular flexibility index (Phi) is 2.68. The third kappa shape index (κ3) is 2.01. The van der Waals surface area contributed by atoms with Crippen molar-refractivity contribution in [1.29, 1.82) is 0 Å². The molecule has 0 aromatic carbocycles. The van der Waals surface area contributed by atoms with Gasteiger partial charge in [-0.2, -0.15) is 0 Å². The normalized spacial score (nSPS) is 24.2. The predicted octanol–water partition coefficient (Wildman–Crippen LogP) is 1.08. The lowest BCUT2D eigenvalue weighted by Gasteiger charge is -2.21. The second-order valence-electron chi connectivity index (χ2n) is 3.31. The van der Waals surface area contributed by atoms with Crippen LogP contribution in [0, 0.1) is 5.92 Å². The second-order valence-corrected chi connectivity index (χ2v) is 3.92. The van der Waals surface area contributed by atoms with E-state index in [2.05, 4.69) is 20.3 Å². The molecule has 0 radical (unpaired) electrons. The van der Waals surface area contributed by atoms with Gasteiger partial charge in [-0.3, -0.25) is 0 Å². The van der Waals surface area contributed by atoms with E-state index in [-0.39, 0.29) is 0 Å². The van der Waals surface area contributed by atoms with Crippen molar-refractivity contribution in [2.45, 2.75) is 19.3 Å². The summed E-state index contributed by atoms with van der Waals surface area (Å²) in [6.45, 7) is 2.34. The van der Waals surface area contributed by atoms with Gasteiger partial charge in [-0.25, -0.2) is 0 Å². The van der Waals surface area contributed by atoms with Gasteiger partial charge >= 0.3 is 0 Å². The molecule has 1 N–H and O–H groups in total.